The summed E-state index contributed by atoms with van der Waals surface area (Å²) in [5.41, 5.74) is 0.592. The lowest BCUT2D eigenvalue weighted by molar-refractivity contribution is 0.815. The van der Waals surface area contributed by atoms with Crippen LogP contribution >= 0.6 is 23.4 Å². The van der Waals surface area contributed by atoms with E-state index >= 15 is 0 Å². The van der Waals surface area contributed by atoms with Crippen LogP contribution in [0.5, 0.6) is 0 Å². The van der Waals surface area contributed by atoms with E-state index in [9.17, 15) is 4.79 Å². The number of nitrogens with zero attached hydrogens (tertiary/aromatic N) is 3. The fourth-order valence-electron chi connectivity index (χ4n) is 1.67. The van der Waals surface area contributed by atoms with Crippen molar-refractivity contribution in [3.05, 3.63) is 33.3 Å². The van der Waals surface area contributed by atoms with Crippen LogP contribution in [0.4, 0.5) is 5.95 Å². The van der Waals surface area contributed by atoms with Crippen molar-refractivity contribution in [1.82, 2.24) is 19.9 Å². The van der Waals surface area contributed by atoms with E-state index in [2.05, 4.69) is 25.3 Å². The maximum atomic E-state index is 11.6. The van der Waals surface area contributed by atoms with Crippen LogP contribution in [-0.2, 0) is 6.42 Å². The largest absolute Gasteiger partial charge is 0.354 e. The fraction of sp³-hybridized carbons (Fsp3) is 0.385. The minimum atomic E-state index is -0.173. The fourth-order valence-corrected chi connectivity index (χ4v) is 2.66. The van der Waals surface area contributed by atoms with Crippen LogP contribution < -0.4 is 10.9 Å². The van der Waals surface area contributed by atoms with Crippen molar-refractivity contribution >= 4 is 29.3 Å². The Kier molecular flexibility index (Phi) is 5.58. The molecule has 0 spiro atoms. The molecular weight excluding hydrogens is 310 g/mol. The van der Waals surface area contributed by atoms with Crippen molar-refractivity contribution in [3.63, 3.8) is 0 Å². The highest BCUT2D eigenvalue weighted by Gasteiger charge is 2.10. The Morgan fingerprint density at radius 3 is 2.90 bits per heavy atom. The predicted octanol–water partition coefficient (Wildman–Crippen LogP) is 2.75. The zero-order valence-electron chi connectivity index (χ0n) is 11.8. The molecule has 2 aromatic heterocycles. The predicted molar refractivity (Wildman–Crippen MR) is 84.2 cm³/mol. The van der Waals surface area contributed by atoms with Crippen LogP contribution in [0.3, 0.4) is 0 Å². The average molecular weight is 326 g/mol. The van der Waals surface area contributed by atoms with E-state index in [1.54, 1.807) is 0 Å². The molecule has 0 unspecified atom stereocenters. The molecule has 6 nitrogen and oxygen atoms in total. The summed E-state index contributed by atoms with van der Waals surface area (Å²) in [6.45, 7) is 4.71. The first-order valence-electron chi connectivity index (χ1n) is 6.66. The maximum Gasteiger partial charge on any atom is 0.251 e. The topological polar surface area (TPSA) is 83.6 Å². The normalized spacial score (nSPS) is 10.6. The second-order valence-electron chi connectivity index (χ2n) is 4.27. The van der Waals surface area contributed by atoms with Gasteiger partial charge in [-0.3, -0.25) is 4.79 Å². The van der Waals surface area contributed by atoms with Gasteiger partial charge in [0.15, 0.2) is 5.16 Å². The van der Waals surface area contributed by atoms with Gasteiger partial charge in [-0.05, 0) is 25.1 Å². The van der Waals surface area contributed by atoms with Crippen molar-refractivity contribution in [2.24, 2.45) is 0 Å². The molecule has 0 aromatic carbocycles. The summed E-state index contributed by atoms with van der Waals surface area (Å²) in [4.78, 5) is 27.1. The number of hydrogen-bond acceptors (Lipinski definition) is 6. The van der Waals surface area contributed by atoms with Gasteiger partial charge in [0, 0.05) is 18.3 Å². The van der Waals surface area contributed by atoms with Crippen LogP contribution in [-0.4, -0.2) is 26.5 Å². The lowest BCUT2D eigenvalue weighted by Crippen LogP contribution is -2.10. The van der Waals surface area contributed by atoms with Crippen LogP contribution in [0, 0.1) is 0 Å². The molecule has 2 aromatic rings. The summed E-state index contributed by atoms with van der Waals surface area (Å²) in [5, 5.41) is 4.47. The van der Waals surface area contributed by atoms with Gasteiger partial charge in [-0.15, -0.1) is 0 Å². The highest BCUT2D eigenvalue weighted by Crippen LogP contribution is 2.29. The van der Waals surface area contributed by atoms with Gasteiger partial charge in [0.05, 0.1) is 11.2 Å². The van der Waals surface area contributed by atoms with E-state index in [1.807, 2.05) is 13.8 Å². The summed E-state index contributed by atoms with van der Waals surface area (Å²) in [7, 11) is 0. The standard InChI is InChI=1S/C13H16ClN5OS/c1-3-5-8-6-10(20)18-13(17-8)21-11-9(14)7-16-12(19-11)15-4-2/h6-7H,3-5H2,1-2H3,(H,15,16,19)(H,17,18,20). The van der Waals surface area contributed by atoms with Gasteiger partial charge in [-0.2, -0.15) is 0 Å². The summed E-state index contributed by atoms with van der Waals surface area (Å²) in [6.07, 6.45) is 3.22. The van der Waals surface area contributed by atoms with Crippen LogP contribution in [0.1, 0.15) is 26.0 Å². The van der Waals surface area contributed by atoms with Crippen LogP contribution in [0.2, 0.25) is 5.02 Å². The number of aromatic amines is 1. The number of nitrogens with one attached hydrogen (secondary N) is 2. The van der Waals surface area contributed by atoms with Gasteiger partial charge in [0.25, 0.3) is 5.56 Å². The zero-order chi connectivity index (χ0) is 15.2. The first kappa shape index (κ1) is 15.8. The maximum absolute atomic E-state index is 11.6. The number of hydrogen-bond donors (Lipinski definition) is 2. The monoisotopic (exact) mass is 325 g/mol. The van der Waals surface area contributed by atoms with Gasteiger partial charge in [0.1, 0.15) is 5.03 Å². The molecule has 0 amide bonds. The van der Waals surface area contributed by atoms with Gasteiger partial charge >= 0.3 is 0 Å². The Hall–Kier alpha value is -1.60. The third kappa shape index (κ3) is 4.44. The Balaban J connectivity index is 2.28. The summed E-state index contributed by atoms with van der Waals surface area (Å²) in [6, 6.07) is 1.51. The Morgan fingerprint density at radius 2 is 2.19 bits per heavy atom. The third-order valence-electron chi connectivity index (χ3n) is 2.52. The summed E-state index contributed by atoms with van der Waals surface area (Å²) >= 11 is 7.31. The number of halogens is 1. The molecule has 0 aliphatic rings. The molecule has 2 N–H and O–H groups in total. The van der Waals surface area contributed by atoms with E-state index in [4.69, 9.17) is 11.6 Å². The second-order valence-corrected chi connectivity index (χ2v) is 5.66. The van der Waals surface area contributed by atoms with E-state index in [1.165, 1.54) is 24.0 Å². The summed E-state index contributed by atoms with van der Waals surface area (Å²) < 4.78 is 0. The molecule has 0 fully saturated rings. The highest BCUT2D eigenvalue weighted by atomic mass is 35.5. The molecule has 0 atom stereocenters. The molecule has 0 saturated carbocycles. The minimum Gasteiger partial charge on any atom is -0.354 e. The van der Waals surface area contributed by atoms with Gasteiger partial charge in [-0.1, -0.05) is 24.9 Å². The Morgan fingerprint density at radius 1 is 1.38 bits per heavy atom. The molecular formula is C13H16ClN5OS. The molecule has 2 rings (SSSR count). The number of rotatable bonds is 6. The summed E-state index contributed by atoms with van der Waals surface area (Å²) in [5.74, 6) is 0.497. The first-order chi connectivity index (χ1) is 10.1. The van der Waals surface area contributed by atoms with E-state index in [-0.39, 0.29) is 5.56 Å². The zero-order valence-corrected chi connectivity index (χ0v) is 13.4. The van der Waals surface area contributed by atoms with Crippen molar-refractivity contribution in [2.75, 3.05) is 11.9 Å². The molecule has 8 heteroatoms. The number of aryl methyl sites for hydroxylation is 1. The smallest absolute Gasteiger partial charge is 0.251 e. The van der Waals surface area contributed by atoms with E-state index in [0.29, 0.717) is 27.7 Å². The van der Waals surface area contributed by atoms with Crippen LogP contribution in [0.25, 0.3) is 0 Å². The molecule has 112 valence electrons. The number of aromatic nitrogens is 4. The SMILES string of the molecule is CCCc1cc(=O)[nH]c(Sc2nc(NCC)ncc2Cl)n1. The van der Waals surface area contributed by atoms with E-state index in [0.717, 1.165) is 18.5 Å². The molecule has 0 aliphatic carbocycles. The third-order valence-corrected chi connectivity index (χ3v) is 3.80. The lowest BCUT2D eigenvalue weighted by Gasteiger charge is -2.06. The van der Waals surface area contributed by atoms with Crippen molar-refractivity contribution in [1.29, 1.82) is 0 Å². The van der Waals surface area contributed by atoms with Crippen molar-refractivity contribution in [2.45, 2.75) is 36.9 Å². The van der Waals surface area contributed by atoms with Gasteiger partial charge in [0.2, 0.25) is 5.95 Å². The van der Waals surface area contributed by atoms with Gasteiger partial charge in [-0.25, -0.2) is 15.0 Å². The molecule has 0 bridgehead atoms. The first-order valence-corrected chi connectivity index (χ1v) is 7.86. The molecule has 0 saturated heterocycles. The van der Waals surface area contributed by atoms with Crippen LogP contribution in [0.15, 0.2) is 27.2 Å². The Bertz CT molecular complexity index is 676. The Labute approximate surface area is 131 Å². The molecule has 0 aliphatic heterocycles. The number of anilines is 1. The quantitative estimate of drug-likeness (QED) is 0.627. The molecule has 0 radical (unpaired) electrons. The van der Waals surface area contributed by atoms with Gasteiger partial charge < -0.3 is 10.3 Å². The van der Waals surface area contributed by atoms with Crippen molar-refractivity contribution < 1.29 is 0 Å². The minimum absolute atomic E-state index is 0.173. The number of H-pyrrole nitrogens is 1. The molecule has 21 heavy (non-hydrogen) atoms. The second kappa shape index (κ2) is 7.42. The van der Waals surface area contributed by atoms with Crippen molar-refractivity contribution in [3.8, 4) is 0 Å². The van der Waals surface area contributed by atoms with E-state index < -0.39 is 0 Å². The lowest BCUT2D eigenvalue weighted by atomic mass is 10.2. The average Bonchev–Trinajstić information content (AvgIpc) is 2.42. The highest BCUT2D eigenvalue weighted by molar-refractivity contribution is 7.99. The molecule has 2 heterocycles.